The molecule has 9 heteroatoms. The Morgan fingerprint density at radius 3 is 2.84 bits per heavy atom. The van der Waals surface area contributed by atoms with E-state index in [2.05, 4.69) is 30.1 Å². The molecular weight excluding hydrogens is 340 g/mol. The summed E-state index contributed by atoms with van der Waals surface area (Å²) in [7, 11) is 0. The van der Waals surface area contributed by atoms with Gasteiger partial charge in [0.05, 0.1) is 28.1 Å². The van der Waals surface area contributed by atoms with E-state index in [1.807, 2.05) is 12.1 Å². The smallest absolute Gasteiger partial charge is 0.183 e. The number of aromatic amines is 1. The van der Waals surface area contributed by atoms with Crippen LogP contribution in [0.2, 0.25) is 5.02 Å². The molecule has 0 spiro atoms. The van der Waals surface area contributed by atoms with Gasteiger partial charge in [-0.05, 0) is 18.2 Å². The Bertz CT molecular complexity index is 1130. The summed E-state index contributed by atoms with van der Waals surface area (Å²) >= 11 is 6.32. The normalized spacial score (nSPS) is 10.7. The number of aromatic nitrogens is 6. The van der Waals surface area contributed by atoms with Crippen LogP contribution in [0.15, 0.2) is 36.9 Å². The molecule has 4 rings (SSSR count). The van der Waals surface area contributed by atoms with Crippen molar-refractivity contribution >= 4 is 28.3 Å². The van der Waals surface area contributed by atoms with Crippen LogP contribution in [0, 0.1) is 11.3 Å². The molecule has 0 aliphatic heterocycles. The largest absolute Gasteiger partial charge is 0.381 e. The van der Waals surface area contributed by atoms with Crippen molar-refractivity contribution in [2.75, 3.05) is 5.73 Å². The van der Waals surface area contributed by atoms with E-state index in [1.165, 1.54) is 6.33 Å². The van der Waals surface area contributed by atoms with Gasteiger partial charge in [-0.2, -0.15) is 10.4 Å². The molecule has 1 aromatic carbocycles. The van der Waals surface area contributed by atoms with E-state index in [0.29, 0.717) is 27.7 Å². The molecule has 3 aromatic heterocycles. The summed E-state index contributed by atoms with van der Waals surface area (Å²) in [4.78, 5) is 16.8. The van der Waals surface area contributed by atoms with E-state index < -0.39 is 0 Å². The molecule has 0 bridgehead atoms. The molecule has 0 saturated carbocycles. The summed E-state index contributed by atoms with van der Waals surface area (Å²) in [5.41, 5.74) is 8.71. The number of nitrogen functional groups attached to an aromatic ring is 1. The number of fused-ring (bicyclic) bond motifs is 1. The standard InChI is InChI=1S/C16H9ClN8/c17-10-4-8(3-9-6-22-25-13(9)10)14-15(11-1-2-20-7-21-11)24-16(19)12(5-18)23-14/h1-4,6-7H,(H2,19,24)(H,22,25). The van der Waals surface area contributed by atoms with Gasteiger partial charge in [-0.1, -0.05) is 11.6 Å². The van der Waals surface area contributed by atoms with Gasteiger partial charge < -0.3 is 5.73 Å². The molecule has 0 aliphatic rings. The summed E-state index contributed by atoms with van der Waals surface area (Å²) < 4.78 is 0. The zero-order valence-corrected chi connectivity index (χ0v) is 13.4. The fourth-order valence-electron chi connectivity index (χ4n) is 2.49. The number of nitrogens with two attached hydrogens (primary N) is 1. The second-order valence-corrected chi connectivity index (χ2v) is 5.56. The first-order chi connectivity index (χ1) is 12.2. The number of rotatable bonds is 2. The van der Waals surface area contributed by atoms with Crippen LogP contribution in [-0.4, -0.2) is 30.1 Å². The van der Waals surface area contributed by atoms with Crippen molar-refractivity contribution < 1.29 is 0 Å². The minimum Gasteiger partial charge on any atom is -0.381 e. The van der Waals surface area contributed by atoms with Crippen LogP contribution in [0.25, 0.3) is 33.5 Å². The summed E-state index contributed by atoms with van der Waals surface area (Å²) in [6.45, 7) is 0. The zero-order chi connectivity index (χ0) is 17.4. The predicted molar refractivity (Wildman–Crippen MR) is 92.3 cm³/mol. The van der Waals surface area contributed by atoms with E-state index in [0.717, 1.165) is 10.9 Å². The van der Waals surface area contributed by atoms with Gasteiger partial charge >= 0.3 is 0 Å². The van der Waals surface area contributed by atoms with Crippen LogP contribution in [-0.2, 0) is 0 Å². The van der Waals surface area contributed by atoms with Crippen molar-refractivity contribution in [3.8, 4) is 28.7 Å². The quantitative estimate of drug-likeness (QED) is 0.569. The van der Waals surface area contributed by atoms with Gasteiger partial charge in [0.25, 0.3) is 0 Å². The number of benzene rings is 1. The van der Waals surface area contributed by atoms with Crippen LogP contribution in [0.5, 0.6) is 0 Å². The highest BCUT2D eigenvalue weighted by molar-refractivity contribution is 6.35. The molecule has 25 heavy (non-hydrogen) atoms. The first-order valence-corrected chi connectivity index (χ1v) is 7.52. The third kappa shape index (κ3) is 2.52. The van der Waals surface area contributed by atoms with Gasteiger partial charge in [0.15, 0.2) is 11.5 Å². The first-order valence-electron chi connectivity index (χ1n) is 7.14. The average molecular weight is 349 g/mol. The molecule has 3 N–H and O–H groups in total. The topological polar surface area (TPSA) is 130 Å². The van der Waals surface area contributed by atoms with Crippen molar-refractivity contribution in [1.29, 1.82) is 5.26 Å². The molecule has 8 nitrogen and oxygen atoms in total. The van der Waals surface area contributed by atoms with Gasteiger partial charge in [0.2, 0.25) is 0 Å². The second kappa shape index (κ2) is 5.81. The van der Waals surface area contributed by atoms with Crippen molar-refractivity contribution in [2.45, 2.75) is 0 Å². The van der Waals surface area contributed by atoms with E-state index in [4.69, 9.17) is 17.3 Å². The maximum absolute atomic E-state index is 9.25. The molecule has 3 heterocycles. The fourth-order valence-corrected chi connectivity index (χ4v) is 2.76. The van der Waals surface area contributed by atoms with Gasteiger partial charge in [-0.3, -0.25) is 5.10 Å². The Labute approximate surface area is 146 Å². The average Bonchev–Trinajstić information content (AvgIpc) is 3.11. The molecule has 120 valence electrons. The first kappa shape index (κ1) is 15.0. The molecule has 0 unspecified atom stereocenters. The van der Waals surface area contributed by atoms with Crippen LogP contribution in [0.3, 0.4) is 0 Å². The van der Waals surface area contributed by atoms with Gasteiger partial charge in [0, 0.05) is 17.1 Å². The Kier molecular flexibility index (Phi) is 3.48. The number of anilines is 1. The molecular formula is C16H9ClN8. The Morgan fingerprint density at radius 1 is 1.20 bits per heavy atom. The molecule has 0 aliphatic carbocycles. The third-order valence-corrected chi connectivity index (χ3v) is 3.93. The minimum atomic E-state index is 0.0374. The van der Waals surface area contributed by atoms with Crippen molar-refractivity contribution in [3.63, 3.8) is 0 Å². The summed E-state index contributed by atoms with van der Waals surface area (Å²) in [6.07, 6.45) is 4.65. The van der Waals surface area contributed by atoms with Crippen LogP contribution in [0.4, 0.5) is 5.82 Å². The Balaban J connectivity index is 2.03. The highest BCUT2D eigenvalue weighted by Crippen LogP contribution is 2.33. The Morgan fingerprint density at radius 2 is 2.08 bits per heavy atom. The van der Waals surface area contributed by atoms with Gasteiger partial charge in [0.1, 0.15) is 18.1 Å². The van der Waals surface area contributed by atoms with Crippen LogP contribution < -0.4 is 5.73 Å². The molecule has 4 aromatic rings. The van der Waals surface area contributed by atoms with Crippen LogP contribution in [0.1, 0.15) is 5.69 Å². The summed E-state index contributed by atoms with van der Waals surface area (Å²) in [5.74, 6) is 0.0374. The molecule has 0 atom stereocenters. The summed E-state index contributed by atoms with van der Waals surface area (Å²) in [5, 5.41) is 17.4. The maximum Gasteiger partial charge on any atom is 0.183 e. The maximum atomic E-state index is 9.25. The predicted octanol–water partition coefficient (Wildman–Crippen LogP) is 2.58. The molecule has 0 amide bonds. The number of nitrogens with zero attached hydrogens (tertiary/aromatic N) is 6. The highest BCUT2D eigenvalue weighted by Gasteiger charge is 2.18. The fraction of sp³-hybridized carbons (Fsp3) is 0. The SMILES string of the molecule is N#Cc1nc(-c2cc(Cl)c3[nH]ncc3c2)c(-c2ccncn2)nc1N. The second-order valence-electron chi connectivity index (χ2n) is 5.15. The monoisotopic (exact) mass is 348 g/mol. The van der Waals surface area contributed by atoms with E-state index in [-0.39, 0.29) is 11.5 Å². The third-order valence-electron chi connectivity index (χ3n) is 3.63. The van der Waals surface area contributed by atoms with Crippen molar-refractivity contribution in [3.05, 3.63) is 47.6 Å². The van der Waals surface area contributed by atoms with E-state index in [9.17, 15) is 5.26 Å². The Hall–Kier alpha value is -3.57. The zero-order valence-electron chi connectivity index (χ0n) is 12.6. The lowest BCUT2D eigenvalue weighted by Gasteiger charge is -2.10. The molecule has 0 saturated heterocycles. The lowest BCUT2D eigenvalue weighted by Crippen LogP contribution is -2.04. The van der Waals surface area contributed by atoms with Crippen LogP contribution >= 0.6 is 11.6 Å². The van der Waals surface area contributed by atoms with Gasteiger partial charge in [-0.15, -0.1) is 0 Å². The number of H-pyrrole nitrogens is 1. The summed E-state index contributed by atoms with van der Waals surface area (Å²) in [6, 6.07) is 7.23. The lowest BCUT2D eigenvalue weighted by atomic mass is 10.1. The van der Waals surface area contributed by atoms with E-state index in [1.54, 1.807) is 24.5 Å². The number of hydrogen-bond donors (Lipinski definition) is 2. The minimum absolute atomic E-state index is 0.0374. The van der Waals surface area contributed by atoms with Crippen molar-refractivity contribution in [1.82, 2.24) is 30.1 Å². The lowest BCUT2D eigenvalue weighted by molar-refractivity contribution is 1.12. The number of halogens is 1. The number of nitriles is 1. The van der Waals surface area contributed by atoms with E-state index >= 15 is 0 Å². The molecule has 0 radical (unpaired) electrons. The number of hydrogen-bond acceptors (Lipinski definition) is 7. The number of nitrogens with one attached hydrogen (secondary N) is 1. The van der Waals surface area contributed by atoms with Crippen molar-refractivity contribution in [2.24, 2.45) is 0 Å². The van der Waals surface area contributed by atoms with Gasteiger partial charge in [-0.25, -0.2) is 19.9 Å². The highest BCUT2D eigenvalue weighted by atomic mass is 35.5. The molecule has 0 fully saturated rings.